The summed E-state index contributed by atoms with van der Waals surface area (Å²) in [6, 6.07) is 4.99. The van der Waals surface area contributed by atoms with Gasteiger partial charge in [-0.1, -0.05) is 19.9 Å². The molecule has 5 nitrogen and oxygen atoms in total. The van der Waals surface area contributed by atoms with Gasteiger partial charge < -0.3 is 5.32 Å². The number of likely N-dealkylation sites (N-methyl/N-ethyl adjacent to an activating group) is 1. The fourth-order valence-electron chi connectivity index (χ4n) is 1.81. The average Bonchev–Trinajstić information content (AvgIpc) is 2.41. The molecular formula is C16H26N2O3S. The van der Waals surface area contributed by atoms with Gasteiger partial charge in [0.05, 0.1) is 11.4 Å². The first-order valence-electron chi connectivity index (χ1n) is 7.38. The summed E-state index contributed by atoms with van der Waals surface area (Å²) in [6.07, 6.45) is 0. The molecule has 0 saturated carbocycles. The SMILES string of the molecule is Cc1ccc(S(=O)(=O)N(C)CC(=O)NC(C)C(C)C)cc1C. The topological polar surface area (TPSA) is 66.5 Å². The Morgan fingerprint density at radius 3 is 2.27 bits per heavy atom. The predicted octanol–water partition coefficient (Wildman–Crippen LogP) is 2.08. The monoisotopic (exact) mass is 326 g/mol. The maximum absolute atomic E-state index is 12.5. The van der Waals surface area contributed by atoms with Gasteiger partial charge in [-0.25, -0.2) is 8.42 Å². The standard InChI is InChI=1S/C16H26N2O3S/c1-11(2)14(5)17-16(19)10-18(6)22(20,21)15-8-7-12(3)13(4)9-15/h7-9,11,14H,10H2,1-6H3,(H,17,19). The normalized spacial score (nSPS) is 13.5. The van der Waals surface area contributed by atoms with Crippen LogP contribution in [-0.2, 0) is 14.8 Å². The van der Waals surface area contributed by atoms with Crippen molar-refractivity contribution in [3.8, 4) is 0 Å². The number of aryl methyl sites for hydroxylation is 2. The van der Waals surface area contributed by atoms with Crippen LogP contribution in [0.25, 0.3) is 0 Å². The molecule has 1 N–H and O–H groups in total. The minimum absolute atomic E-state index is 0.00484. The molecule has 1 aromatic carbocycles. The third-order valence-electron chi connectivity index (χ3n) is 3.94. The molecule has 1 rings (SSSR count). The van der Waals surface area contributed by atoms with E-state index in [4.69, 9.17) is 0 Å². The zero-order chi connectivity index (χ0) is 17.1. The molecule has 22 heavy (non-hydrogen) atoms. The van der Waals surface area contributed by atoms with Crippen molar-refractivity contribution in [3.05, 3.63) is 29.3 Å². The fraction of sp³-hybridized carbons (Fsp3) is 0.562. The molecule has 0 aliphatic rings. The number of hydrogen-bond donors (Lipinski definition) is 1. The highest BCUT2D eigenvalue weighted by atomic mass is 32.2. The van der Waals surface area contributed by atoms with Crippen LogP contribution in [0.1, 0.15) is 31.9 Å². The summed E-state index contributed by atoms with van der Waals surface area (Å²) in [6.45, 7) is 9.51. The van der Waals surface area contributed by atoms with E-state index in [0.717, 1.165) is 15.4 Å². The van der Waals surface area contributed by atoms with Crippen molar-refractivity contribution >= 4 is 15.9 Å². The molecule has 1 amide bonds. The second-order valence-corrected chi connectivity index (χ2v) is 8.15. The molecule has 0 spiro atoms. The van der Waals surface area contributed by atoms with E-state index in [2.05, 4.69) is 5.32 Å². The van der Waals surface area contributed by atoms with E-state index in [0.29, 0.717) is 5.92 Å². The van der Waals surface area contributed by atoms with Crippen molar-refractivity contribution < 1.29 is 13.2 Å². The van der Waals surface area contributed by atoms with Gasteiger partial charge in [0.1, 0.15) is 0 Å². The van der Waals surface area contributed by atoms with Crippen molar-refractivity contribution in [2.75, 3.05) is 13.6 Å². The first kappa shape index (κ1) is 18.6. The third kappa shape index (κ3) is 4.55. The molecule has 0 saturated heterocycles. The van der Waals surface area contributed by atoms with Crippen LogP contribution in [0.3, 0.4) is 0 Å². The van der Waals surface area contributed by atoms with Crippen LogP contribution in [0.15, 0.2) is 23.1 Å². The van der Waals surface area contributed by atoms with Crippen molar-refractivity contribution in [2.24, 2.45) is 5.92 Å². The second kappa shape index (κ2) is 7.24. The van der Waals surface area contributed by atoms with Gasteiger partial charge in [0.2, 0.25) is 15.9 Å². The lowest BCUT2D eigenvalue weighted by molar-refractivity contribution is -0.122. The summed E-state index contributed by atoms with van der Waals surface area (Å²) in [5.74, 6) is 0.00159. The van der Waals surface area contributed by atoms with Gasteiger partial charge in [-0.15, -0.1) is 0 Å². The number of rotatable bonds is 6. The maximum atomic E-state index is 12.5. The Bertz CT molecular complexity index is 639. The second-order valence-electron chi connectivity index (χ2n) is 6.11. The lowest BCUT2D eigenvalue weighted by atomic mass is 10.1. The minimum atomic E-state index is -3.66. The Hall–Kier alpha value is -1.40. The van der Waals surface area contributed by atoms with E-state index >= 15 is 0 Å². The molecule has 6 heteroatoms. The van der Waals surface area contributed by atoms with Gasteiger partial charge >= 0.3 is 0 Å². The molecule has 0 aromatic heterocycles. The van der Waals surface area contributed by atoms with E-state index in [1.165, 1.54) is 7.05 Å². The number of amides is 1. The van der Waals surface area contributed by atoms with E-state index in [-0.39, 0.29) is 23.4 Å². The van der Waals surface area contributed by atoms with Gasteiger partial charge in [-0.2, -0.15) is 4.31 Å². The smallest absolute Gasteiger partial charge is 0.243 e. The average molecular weight is 326 g/mol. The zero-order valence-corrected chi connectivity index (χ0v) is 15.0. The highest BCUT2D eigenvalue weighted by Gasteiger charge is 2.24. The first-order valence-corrected chi connectivity index (χ1v) is 8.82. The fourth-order valence-corrected chi connectivity index (χ4v) is 3.02. The van der Waals surface area contributed by atoms with Crippen LogP contribution in [0.2, 0.25) is 0 Å². The number of carbonyl (C=O) groups is 1. The van der Waals surface area contributed by atoms with E-state index < -0.39 is 10.0 Å². The van der Waals surface area contributed by atoms with E-state index in [1.54, 1.807) is 18.2 Å². The molecule has 0 aliphatic heterocycles. The Morgan fingerprint density at radius 2 is 1.77 bits per heavy atom. The van der Waals surface area contributed by atoms with Crippen molar-refractivity contribution in [3.63, 3.8) is 0 Å². The van der Waals surface area contributed by atoms with Gasteiger partial charge in [-0.05, 0) is 49.9 Å². The Balaban J connectivity index is 2.84. The summed E-state index contributed by atoms with van der Waals surface area (Å²) in [5.41, 5.74) is 1.94. The third-order valence-corrected chi connectivity index (χ3v) is 5.74. The summed E-state index contributed by atoms with van der Waals surface area (Å²) in [7, 11) is -2.24. The molecule has 0 heterocycles. The number of benzene rings is 1. The Morgan fingerprint density at radius 1 is 1.18 bits per heavy atom. The highest BCUT2D eigenvalue weighted by Crippen LogP contribution is 2.18. The van der Waals surface area contributed by atoms with Crippen LogP contribution < -0.4 is 5.32 Å². The van der Waals surface area contributed by atoms with Crippen molar-refractivity contribution in [1.82, 2.24) is 9.62 Å². The molecule has 0 aliphatic carbocycles. The summed E-state index contributed by atoms with van der Waals surface area (Å²) < 4.78 is 26.1. The molecule has 1 unspecified atom stereocenters. The predicted molar refractivity (Wildman–Crippen MR) is 88.2 cm³/mol. The molecule has 0 fully saturated rings. The maximum Gasteiger partial charge on any atom is 0.243 e. The molecular weight excluding hydrogens is 300 g/mol. The number of hydrogen-bond acceptors (Lipinski definition) is 3. The lowest BCUT2D eigenvalue weighted by Gasteiger charge is -2.21. The number of nitrogens with one attached hydrogen (secondary N) is 1. The van der Waals surface area contributed by atoms with Crippen LogP contribution >= 0.6 is 0 Å². The number of nitrogens with zero attached hydrogens (tertiary/aromatic N) is 1. The number of sulfonamides is 1. The molecule has 1 atom stereocenters. The van der Waals surface area contributed by atoms with Crippen LogP contribution in [0, 0.1) is 19.8 Å². The van der Waals surface area contributed by atoms with Crippen molar-refractivity contribution in [2.45, 2.75) is 45.6 Å². The molecule has 124 valence electrons. The van der Waals surface area contributed by atoms with Crippen LogP contribution in [0.4, 0.5) is 0 Å². The number of carbonyl (C=O) groups excluding carboxylic acids is 1. The minimum Gasteiger partial charge on any atom is -0.352 e. The van der Waals surface area contributed by atoms with Gasteiger partial charge in [0, 0.05) is 13.1 Å². The van der Waals surface area contributed by atoms with E-state index in [1.807, 2.05) is 34.6 Å². The Kier molecular flexibility index (Phi) is 6.14. The molecule has 0 bridgehead atoms. The zero-order valence-electron chi connectivity index (χ0n) is 14.2. The summed E-state index contributed by atoms with van der Waals surface area (Å²) in [5, 5.41) is 2.81. The Labute approximate surface area is 133 Å². The largest absolute Gasteiger partial charge is 0.352 e. The van der Waals surface area contributed by atoms with Crippen molar-refractivity contribution in [1.29, 1.82) is 0 Å². The first-order chi connectivity index (χ1) is 10.1. The van der Waals surface area contributed by atoms with Gasteiger partial charge in [0.25, 0.3) is 0 Å². The highest BCUT2D eigenvalue weighted by molar-refractivity contribution is 7.89. The lowest BCUT2D eigenvalue weighted by Crippen LogP contribution is -2.43. The quantitative estimate of drug-likeness (QED) is 0.870. The van der Waals surface area contributed by atoms with E-state index in [9.17, 15) is 13.2 Å². The van der Waals surface area contributed by atoms with Crippen LogP contribution in [0.5, 0.6) is 0 Å². The molecule has 0 radical (unpaired) electrons. The summed E-state index contributed by atoms with van der Waals surface area (Å²) in [4.78, 5) is 12.2. The summed E-state index contributed by atoms with van der Waals surface area (Å²) >= 11 is 0. The molecule has 1 aromatic rings. The van der Waals surface area contributed by atoms with Gasteiger partial charge in [-0.3, -0.25) is 4.79 Å². The van der Waals surface area contributed by atoms with Gasteiger partial charge in [0.15, 0.2) is 0 Å². The van der Waals surface area contributed by atoms with Crippen LogP contribution in [-0.4, -0.2) is 38.3 Å².